The number of aromatic nitrogens is 3. The number of rotatable bonds is 7. The lowest BCUT2D eigenvalue weighted by atomic mass is 9.87. The second-order valence-corrected chi connectivity index (χ2v) is 11.7. The summed E-state index contributed by atoms with van der Waals surface area (Å²) in [4.78, 5) is 0.0634. The van der Waals surface area contributed by atoms with E-state index in [-0.39, 0.29) is 27.1 Å². The predicted molar refractivity (Wildman–Crippen MR) is 133 cm³/mol. The lowest BCUT2D eigenvalue weighted by Crippen LogP contribution is -2.29. The van der Waals surface area contributed by atoms with Crippen molar-refractivity contribution in [3.05, 3.63) is 58.6 Å². The summed E-state index contributed by atoms with van der Waals surface area (Å²) in [7, 11) is -2.24. The van der Waals surface area contributed by atoms with Gasteiger partial charge in [-0.1, -0.05) is 44.5 Å². The van der Waals surface area contributed by atoms with Crippen LogP contribution in [0.4, 0.5) is 10.1 Å². The number of halogens is 2. The largest absolute Gasteiger partial charge is 0.380 e. The Morgan fingerprint density at radius 2 is 1.91 bits per heavy atom. The van der Waals surface area contributed by atoms with Gasteiger partial charge in [0.1, 0.15) is 11.6 Å². The van der Waals surface area contributed by atoms with E-state index in [0.717, 1.165) is 24.7 Å². The number of hydrogen-bond acceptors (Lipinski definition) is 6. The molecule has 2 aromatic carbocycles. The van der Waals surface area contributed by atoms with Crippen LogP contribution in [0.3, 0.4) is 0 Å². The van der Waals surface area contributed by atoms with Crippen molar-refractivity contribution in [3.8, 4) is 11.4 Å². The van der Waals surface area contributed by atoms with Crippen molar-refractivity contribution < 1.29 is 17.5 Å². The molecule has 1 aromatic heterocycles. The van der Waals surface area contributed by atoms with Crippen molar-refractivity contribution in [2.24, 2.45) is 7.05 Å². The Balaban J connectivity index is 1.64. The summed E-state index contributed by atoms with van der Waals surface area (Å²) in [6, 6.07) is 9.26. The Morgan fingerprint density at radius 3 is 2.54 bits per heavy atom. The lowest BCUT2D eigenvalue weighted by Gasteiger charge is -2.19. The second-order valence-electron chi connectivity index (χ2n) is 9.63. The minimum absolute atomic E-state index is 0.0194. The van der Waals surface area contributed by atoms with E-state index < -0.39 is 15.8 Å². The zero-order valence-electron chi connectivity index (χ0n) is 20.1. The van der Waals surface area contributed by atoms with Gasteiger partial charge in [-0.15, -0.1) is 10.2 Å². The maximum Gasteiger partial charge on any atom is 0.261 e. The van der Waals surface area contributed by atoms with E-state index in [1.165, 1.54) is 18.2 Å². The molecule has 2 N–H and O–H groups in total. The van der Waals surface area contributed by atoms with Crippen LogP contribution in [-0.2, 0) is 33.8 Å². The van der Waals surface area contributed by atoms with Gasteiger partial charge in [0.2, 0.25) is 0 Å². The van der Waals surface area contributed by atoms with Gasteiger partial charge < -0.3 is 14.6 Å². The fraction of sp³-hybridized carbons (Fsp3) is 0.417. The molecule has 1 unspecified atom stereocenters. The highest BCUT2D eigenvalue weighted by molar-refractivity contribution is 7.92. The summed E-state index contributed by atoms with van der Waals surface area (Å²) in [6.45, 7) is 7.95. The molecule has 0 bridgehead atoms. The number of ether oxygens (including phenoxy) is 1. The highest BCUT2D eigenvalue weighted by Crippen LogP contribution is 2.33. The molecule has 0 aliphatic carbocycles. The van der Waals surface area contributed by atoms with Crippen molar-refractivity contribution in [2.75, 3.05) is 17.9 Å². The van der Waals surface area contributed by atoms with Gasteiger partial charge in [0.25, 0.3) is 10.0 Å². The summed E-state index contributed by atoms with van der Waals surface area (Å²) in [5.74, 6) is 0.243. The molecular weight excluding hydrogens is 493 g/mol. The van der Waals surface area contributed by atoms with Gasteiger partial charge in [-0.25, -0.2) is 12.8 Å². The maximum atomic E-state index is 14.4. The van der Waals surface area contributed by atoms with Crippen LogP contribution in [0.15, 0.2) is 41.3 Å². The molecule has 8 nitrogen and oxygen atoms in total. The average Bonchev–Trinajstić information content (AvgIpc) is 3.44. The van der Waals surface area contributed by atoms with Gasteiger partial charge in [-0.05, 0) is 35.6 Å². The topological polar surface area (TPSA) is 98.1 Å². The van der Waals surface area contributed by atoms with E-state index in [1.54, 1.807) is 23.7 Å². The van der Waals surface area contributed by atoms with Gasteiger partial charge in [0.05, 0.1) is 28.8 Å². The van der Waals surface area contributed by atoms with Gasteiger partial charge >= 0.3 is 0 Å². The third-order valence-corrected chi connectivity index (χ3v) is 7.69. The summed E-state index contributed by atoms with van der Waals surface area (Å²) < 4.78 is 50.3. The normalized spacial score (nSPS) is 16.6. The van der Waals surface area contributed by atoms with Gasteiger partial charge in [-0.2, -0.15) is 0 Å². The fourth-order valence-corrected chi connectivity index (χ4v) is 5.07. The molecule has 3 aromatic rings. The Labute approximate surface area is 209 Å². The van der Waals surface area contributed by atoms with E-state index in [9.17, 15) is 12.8 Å². The van der Waals surface area contributed by atoms with Crippen LogP contribution in [0.1, 0.15) is 38.6 Å². The Bertz CT molecular complexity index is 1310. The molecule has 0 saturated carbocycles. The summed E-state index contributed by atoms with van der Waals surface area (Å²) in [5.41, 5.74) is 1.21. The molecule has 188 valence electrons. The molecule has 0 spiro atoms. The minimum atomic E-state index is -4.01. The molecule has 0 radical (unpaired) electrons. The van der Waals surface area contributed by atoms with E-state index in [2.05, 4.69) is 20.2 Å². The quantitative estimate of drug-likeness (QED) is 0.482. The van der Waals surface area contributed by atoms with Crippen LogP contribution in [-0.4, -0.2) is 42.4 Å². The Morgan fingerprint density at radius 1 is 1.20 bits per heavy atom. The molecule has 1 aliphatic rings. The zero-order valence-corrected chi connectivity index (χ0v) is 21.7. The molecule has 2 heterocycles. The smallest absolute Gasteiger partial charge is 0.261 e. The minimum Gasteiger partial charge on any atom is -0.380 e. The number of nitrogens with one attached hydrogen (secondary N) is 2. The van der Waals surface area contributed by atoms with Crippen LogP contribution in [0, 0.1) is 5.82 Å². The molecule has 1 atom stereocenters. The first-order chi connectivity index (χ1) is 16.5. The lowest BCUT2D eigenvalue weighted by molar-refractivity contribution is 0.189. The van der Waals surface area contributed by atoms with E-state index in [0.29, 0.717) is 30.4 Å². The van der Waals surface area contributed by atoms with Crippen molar-refractivity contribution in [1.82, 2.24) is 20.1 Å². The van der Waals surface area contributed by atoms with E-state index >= 15 is 0 Å². The van der Waals surface area contributed by atoms with Crippen molar-refractivity contribution >= 4 is 27.3 Å². The molecule has 0 amide bonds. The molecule has 11 heteroatoms. The van der Waals surface area contributed by atoms with E-state index in [1.807, 2.05) is 20.8 Å². The molecular formula is C24H29ClFN5O3S. The number of benzene rings is 2. The first-order valence-corrected chi connectivity index (χ1v) is 13.1. The first-order valence-electron chi connectivity index (χ1n) is 11.3. The average molecular weight is 522 g/mol. The number of hydrogen-bond donors (Lipinski definition) is 2. The summed E-state index contributed by atoms with van der Waals surface area (Å²) in [5, 5.41) is 11.7. The van der Waals surface area contributed by atoms with Crippen LogP contribution >= 0.6 is 11.6 Å². The zero-order chi connectivity index (χ0) is 25.4. The van der Waals surface area contributed by atoms with Gasteiger partial charge in [0, 0.05) is 31.3 Å². The standard InChI is InChI=1S/C24H29ClFN5O3S/c1-24(2,3)15-5-7-17(8-6-15)35(32,33)30-21-12-20(26)19(25)11-18(21)23-29-28-22(31(23)4)13-27-16-9-10-34-14-16/h5-8,11-12,16,27,30H,9-10,13-14H2,1-4H3. The highest BCUT2D eigenvalue weighted by Gasteiger charge is 2.23. The first kappa shape index (κ1) is 25.6. The van der Waals surface area contributed by atoms with Crippen molar-refractivity contribution in [2.45, 2.75) is 50.1 Å². The summed E-state index contributed by atoms with van der Waals surface area (Å²) in [6.07, 6.45) is 0.918. The number of nitrogens with zero attached hydrogens (tertiary/aromatic N) is 3. The van der Waals surface area contributed by atoms with E-state index in [4.69, 9.17) is 16.3 Å². The number of anilines is 1. The summed E-state index contributed by atoms with van der Waals surface area (Å²) >= 11 is 6.05. The maximum absolute atomic E-state index is 14.4. The third kappa shape index (κ3) is 5.66. The highest BCUT2D eigenvalue weighted by atomic mass is 35.5. The van der Waals surface area contributed by atoms with Gasteiger partial charge in [0.15, 0.2) is 5.82 Å². The molecule has 1 fully saturated rings. The third-order valence-electron chi connectivity index (χ3n) is 6.02. The SMILES string of the molecule is Cn1c(CNC2CCOC2)nnc1-c1cc(Cl)c(F)cc1NS(=O)(=O)c1ccc(C(C)(C)C)cc1. The second kappa shape index (κ2) is 9.85. The fourth-order valence-electron chi connectivity index (χ4n) is 3.84. The monoisotopic (exact) mass is 521 g/mol. The van der Waals surface area contributed by atoms with Gasteiger partial charge in [-0.3, -0.25) is 4.72 Å². The molecule has 1 aliphatic heterocycles. The number of sulfonamides is 1. The Hall–Kier alpha value is -2.53. The van der Waals surface area contributed by atoms with Crippen LogP contribution < -0.4 is 10.0 Å². The molecule has 35 heavy (non-hydrogen) atoms. The van der Waals surface area contributed by atoms with Crippen molar-refractivity contribution in [3.63, 3.8) is 0 Å². The Kier molecular flexibility index (Phi) is 7.19. The molecule has 1 saturated heterocycles. The predicted octanol–water partition coefficient (Wildman–Crippen LogP) is 4.25. The van der Waals surface area contributed by atoms with Crippen LogP contribution in [0.25, 0.3) is 11.4 Å². The van der Waals surface area contributed by atoms with Crippen LogP contribution in [0.5, 0.6) is 0 Å². The molecule has 4 rings (SSSR count). The van der Waals surface area contributed by atoms with Crippen LogP contribution in [0.2, 0.25) is 5.02 Å². The van der Waals surface area contributed by atoms with Crippen molar-refractivity contribution in [1.29, 1.82) is 0 Å².